The lowest BCUT2D eigenvalue weighted by molar-refractivity contribution is -0.118. The molecule has 0 saturated heterocycles. The Morgan fingerprint density at radius 2 is 1.86 bits per heavy atom. The van der Waals surface area contributed by atoms with Crippen molar-refractivity contribution in [3.8, 4) is 0 Å². The maximum absolute atomic E-state index is 10.9. The van der Waals surface area contributed by atoms with Crippen LogP contribution in [0.25, 0.3) is 0 Å². The highest BCUT2D eigenvalue weighted by molar-refractivity contribution is 5.60. The van der Waals surface area contributed by atoms with Crippen LogP contribution < -0.4 is 0 Å². The van der Waals surface area contributed by atoms with Crippen LogP contribution in [-0.4, -0.2) is 12.6 Å². The van der Waals surface area contributed by atoms with Crippen molar-refractivity contribution >= 4 is 12.6 Å². The largest absolute Gasteiger partial charge is 0.303 e. The molecule has 0 aromatic rings. The second-order valence-electron chi connectivity index (χ2n) is 4.53. The molecule has 1 atom stereocenters. The molecule has 2 nitrogen and oxygen atoms in total. The fourth-order valence-electron chi connectivity index (χ4n) is 1.65. The summed E-state index contributed by atoms with van der Waals surface area (Å²) in [4.78, 5) is 21.4. The molecule has 0 aromatic heterocycles. The lowest BCUT2D eigenvalue weighted by Crippen LogP contribution is -2.26. The van der Waals surface area contributed by atoms with Crippen LogP contribution >= 0.6 is 0 Å². The van der Waals surface area contributed by atoms with Gasteiger partial charge in [0.05, 0.1) is 0 Å². The third-order valence-electron chi connectivity index (χ3n) is 2.89. The van der Waals surface area contributed by atoms with Crippen LogP contribution in [0.3, 0.4) is 0 Å². The molecule has 0 fully saturated rings. The van der Waals surface area contributed by atoms with Crippen LogP contribution in [0.2, 0.25) is 0 Å². The minimum absolute atomic E-state index is 0.212. The molecule has 0 amide bonds. The zero-order valence-electron chi connectivity index (χ0n) is 9.58. The van der Waals surface area contributed by atoms with Gasteiger partial charge in [-0.3, -0.25) is 0 Å². The van der Waals surface area contributed by atoms with E-state index in [4.69, 9.17) is 0 Å². The highest BCUT2D eigenvalue weighted by atomic mass is 16.1. The van der Waals surface area contributed by atoms with Gasteiger partial charge in [0, 0.05) is 11.8 Å². The van der Waals surface area contributed by atoms with E-state index in [0.717, 1.165) is 25.4 Å². The monoisotopic (exact) mass is 198 g/mol. The quantitative estimate of drug-likeness (QED) is 0.444. The maximum Gasteiger partial charge on any atom is 0.125 e. The van der Waals surface area contributed by atoms with E-state index >= 15 is 0 Å². The first-order valence-corrected chi connectivity index (χ1v) is 5.48. The predicted molar refractivity (Wildman–Crippen MR) is 58.2 cm³/mol. The zero-order chi connectivity index (χ0) is 11.0. The van der Waals surface area contributed by atoms with Crippen molar-refractivity contribution in [2.75, 3.05) is 0 Å². The molecule has 0 aromatic carbocycles. The van der Waals surface area contributed by atoms with Crippen LogP contribution in [0.15, 0.2) is 0 Å². The summed E-state index contributed by atoms with van der Waals surface area (Å²) >= 11 is 0. The fraction of sp³-hybridized carbons (Fsp3) is 0.833. The van der Waals surface area contributed by atoms with Crippen LogP contribution in [0.5, 0.6) is 0 Å². The van der Waals surface area contributed by atoms with Gasteiger partial charge in [0.2, 0.25) is 0 Å². The summed E-state index contributed by atoms with van der Waals surface area (Å²) in [5.41, 5.74) is -0.353. The fourth-order valence-corrected chi connectivity index (χ4v) is 1.65. The van der Waals surface area contributed by atoms with Gasteiger partial charge in [-0.1, -0.05) is 40.0 Å². The van der Waals surface area contributed by atoms with Gasteiger partial charge < -0.3 is 9.59 Å². The van der Waals surface area contributed by atoms with Crippen molar-refractivity contribution in [2.45, 2.75) is 52.9 Å². The Labute approximate surface area is 87.1 Å². The van der Waals surface area contributed by atoms with E-state index in [1.807, 2.05) is 13.8 Å². The molecule has 0 bridgehead atoms. The molecule has 2 heteroatoms. The first kappa shape index (κ1) is 13.3. The lowest BCUT2D eigenvalue weighted by atomic mass is 9.76. The van der Waals surface area contributed by atoms with E-state index in [9.17, 15) is 9.59 Å². The molecular formula is C12H22O2. The molecular weight excluding hydrogens is 176 g/mol. The Morgan fingerprint density at radius 3 is 2.29 bits per heavy atom. The van der Waals surface area contributed by atoms with Gasteiger partial charge in [-0.15, -0.1) is 0 Å². The molecule has 1 unspecified atom stereocenters. The Balaban J connectivity index is 4.13. The van der Waals surface area contributed by atoms with Gasteiger partial charge in [0.15, 0.2) is 0 Å². The topological polar surface area (TPSA) is 34.1 Å². The Hall–Kier alpha value is -0.660. The number of carbonyl (C=O) groups excluding carboxylic acids is 2. The first-order chi connectivity index (χ1) is 6.58. The molecule has 0 radical (unpaired) electrons. The number of aldehydes is 2. The van der Waals surface area contributed by atoms with Gasteiger partial charge in [-0.25, -0.2) is 0 Å². The molecule has 0 saturated carbocycles. The standard InChI is InChI=1S/C12H22O2/c1-4-5-6-7-11(8-9-13)12(2,3)10-14/h9-11H,4-8H2,1-3H3. The molecule has 0 heterocycles. The molecule has 14 heavy (non-hydrogen) atoms. The average Bonchev–Trinajstić information content (AvgIpc) is 2.17. The van der Waals surface area contributed by atoms with Gasteiger partial charge in [0.1, 0.15) is 12.6 Å². The molecule has 0 spiro atoms. The van der Waals surface area contributed by atoms with E-state index in [2.05, 4.69) is 6.92 Å². The predicted octanol–water partition coefficient (Wildman–Crippen LogP) is 3.00. The van der Waals surface area contributed by atoms with Crippen LogP contribution in [-0.2, 0) is 9.59 Å². The Kier molecular flexibility index (Phi) is 6.43. The van der Waals surface area contributed by atoms with Crippen molar-refractivity contribution in [2.24, 2.45) is 11.3 Å². The maximum atomic E-state index is 10.9. The Morgan fingerprint density at radius 1 is 1.21 bits per heavy atom. The third-order valence-corrected chi connectivity index (χ3v) is 2.89. The van der Waals surface area contributed by atoms with Gasteiger partial charge in [0.25, 0.3) is 0 Å². The lowest BCUT2D eigenvalue weighted by Gasteiger charge is -2.27. The van der Waals surface area contributed by atoms with Crippen molar-refractivity contribution < 1.29 is 9.59 Å². The summed E-state index contributed by atoms with van der Waals surface area (Å²) in [5.74, 6) is 0.212. The molecule has 0 aliphatic rings. The van der Waals surface area contributed by atoms with Gasteiger partial charge in [-0.2, -0.15) is 0 Å². The summed E-state index contributed by atoms with van der Waals surface area (Å²) in [5, 5.41) is 0. The second kappa shape index (κ2) is 6.74. The molecule has 0 aliphatic heterocycles. The van der Waals surface area contributed by atoms with Gasteiger partial charge in [-0.05, 0) is 12.3 Å². The van der Waals surface area contributed by atoms with E-state index in [-0.39, 0.29) is 11.3 Å². The SMILES string of the molecule is CCCCCC(CC=O)C(C)(C)C=O. The zero-order valence-corrected chi connectivity index (χ0v) is 9.58. The minimum atomic E-state index is -0.353. The normalized spacial score (nSPS) is 13.6. The summed E-state index contributed by atoms with van der Waals surface area (Å²) in [6.45, 7) is 5.99. The number of hydrogen-bond acceptors (Lipinski definition) is 2. The summed E-state index contributed by atoms with van der Waals surface area (Å²) in [7, 11) is 0. The average molecular weight is 198 g/mol. The van der Waals surface area contributed by atoms with E-state index in [0.29, 0.717) is 6.42 Å². The number of unbranched alkanes of at least 4 members (excludes halogenated alkanes) is 2. The third kappa shape index (κ3) is 4.54. The van der Waals surface area contributed by atoms with E-state index in [1.54, 1.807) is 0 Å². The molecule has 0 aliphatic carbocycles. The van der Waals surface area contributed by atoms with E-state index < -0.39 is 0 Å². The summed E-state index contributed by atoms with van der Waals surface area (Å²) in [6, 6.07) is 0. The van der Waals surface area contributed by atoms with E-state index in [1.165, 1.54) is 12.8 Å². The van der Waals surface area contributed by atoms with Crippen molar-refractivity contribution in [1.29, 1.82) is 0 Å². The summed E-state index contributed by atoms with van der Waals surface area (Å²) in [6.07, 6.45) is 6.88. The smallest absolute Gasteiger partial charge is 0.125 e. The molecule has 82 valence electrons. The van der Waals surface area contributed by atoms with Crippen molar-refractivity contribution in [3.05, 3.63) is 0 Å². The first-order valence-electron chi connectivity index (χ1n) is 5.48. The number of carbonyl (C=O) groups is 2. The van der Waals surface area contributed by atoms with Crippen molar-refractivity contribution in [1.82, 2.24) is 0 Å². The number of rotatable bonds is 8. The van der Waals surface area contributed by atoms with Crippen molar-refractivity contribution in [3.63, 3.8) is 0 Å². The summed E-state index contributed by atoms with van der Waals surface area (Å²) < 4.78 is 0. The minimum Gasteiger partial charge on any atom is -0.303 e. The number of hydrogen-bond donors (Lipinski definition) is 0. The molecule has 0 rings (SSSR count). The van der Waals surface area contributed by atoms with Crippen LogP contribution in [0.4, 0.5) is 0 Å². The highest BCUT2D eigenvalue weighted by Crippen LogP contribution is 2.31. The van der Waals surface area contributed by atoms with Gasteiger partial charge >= 0.3 is 0 Å². The Bertz CT molecular complexity index is 173. The van der Waals surface area contributed by atoms with Crippen LogP contribution in [0, 0.1) is 11.3 Å². The second-order valence-corrected chi connectivity index (χ2v) is 4.53. The van der Waals surface area contributed by atoms with Crippen LogP contribution in [0.1, 0.15) is 52.9 Å². The molecule has 0 N–H and O–H groups in total. The highest BCUT2D eigenvalue weighted by Gasteiger charge is 2.27.